The van der Waals surface area contributed by atoms with Gasteiger partial charge in [0.1, 0.15) is 6.04 Å². The van der Waals surface area contributed by atoms with Crippen LogP contribution in [0.25, 0.3) is 11.4 Å². The van der Waals surface area contributed by atoms with Gasteiger partial charge in [0, 0.05) is 17.8 Å². The topological polar surface area (TPSA) is 83.3 Å². The Bertz CT molecular complexity index is 873. The number of alkyl halides is 3. The Morgan fingerprint density at radius 3 is 2.76 bits per heavy atom. The number of anilines is 1. The molecule has 2 N–H and O–H groups in total. The molecule has 7 nitrogen and oxygen atoms in total. The molecule has 29 heavy (non-hydrogen) atoms. The summed E-state index contributed by atoms with van der Waals surface area (Å²) in [6, 6.07) is 4.47. The van der Waals surface area contributed by atoms with Gasteiger partial charge < -0.3 is 20.1 Å². The van der Waals surface area contributed by atoms with E-state index in [0.29, 0.717) is 18.7 Å². The highest BCUT2D eigenvalue weighted by atomic mass is 35.5. The molecule has 1 aliphatic heterocycles. The van der Waals surface area contributed by atoms with Crippen LogP contribution in [-0.4, -0.2) is 41.8 Å². The van der Waals surface area contributed by atoms with E-state index in [-0.39, 0.29) is 34.5 Å². The second-order valence-corrected chi connectivity index (χ2v) is 7.22. The Kier molecular flexibility index (Phi) is 6.33. The zero-order chi connectivity index (χ0) is 21.2. The van der Waals surface area contributed by atoms with Gasteiger partial charge in [0.25, 0.3) is 0 Å². The van der Waals surface area contributed by atoms with E-state index in [2.05, 4.69) is 25.3 Å². The number of nitrogens with one attached hydrogen (secondary N) is 2. The molecule has 11 heteroatoms. The Labute approximate surface area is 170 Å². The van der Waals surface area contributed by atoms with E-state index >= 15 is 0 Å². The van der Waals surface area contributed by atoms with Gasteiger partial charge in [-0.05, 0) is 51.4 Å². The average Bonchev–Trinajstić information content (AvgIpc) is 3.18. The van der Waals surface area contributed by atoms with Crippen LogP contribution in [0.4, 0.5) is 18.9 Å². The molecule has 1 fully saturated rings. The molecule has 1 amide bonds. The molecule has 2 unspecified atom stereocenters. The molecular weight excluding hydrogens is 411 g/mol. The van der Waals surface area contributed by atoms with Crippen LogP contribution in [0.3, 0.4) is 0 Å². The van der Waals surface area contributed by atoms with Crippen LogP contribution in [-0.2, 0) is 11.0 Å². The maximum atomic E-state index is 12.7. The minimum absolute atomic E-state index is 0.0975. The molecule has 0 spiro atoms. The first-order valence-electron chi connectivity index (χ1n) is 9.16. The highest BCUT2D eigenvalue weighted by Crippen LogP contribution is 2.35. The Balaban J connectivity index is 1.84. The molecule has 0 saturated carbocycles. The van der Waals surface area contributed by atoms with Crippen LogP contribution in [0, 0.1) is 0 Å². The van der Waals surface area contributed by atoms with Gasteiger partial charge in [0.2, 0.25) is 11.7 Å². The highest BCUT2D eigenvalue weighted by molar-refractivity contribution is 6.33. The van der Waals surface area contributed by atoms with E-state index in [1.807, 2.05) is 11.8 Å². The second kappa shape index (κ2) is 8.58. The van der Waals surface area contributed by atoms with Crippen molar-refractivity contribution >= 4 is 23.2 Å². The minimum atomic E-state index is -4.73. The largest absolute Gasteiger partial charge is 0.471 e. The summed E-state index contributed by atoms with van der Waals surface area (Å²) in [6.07, 6.45) is -2.35. The van der Waals surface area contributed by atoms with Crippen molar-refractivity contribution in [2.45, 2.75) is 44.6 Å². The van der Waals surface area contributed by atoms with Gasteiger partial charge in [-0.1, -0.05) is 16.8 Å². The predicted molar refractivity (Wildman–Crippen MR) is 101 cm³/mol. The van der Waals surface area contributed by atoms with Crippen LogP contribution in [0.2, 0.25) is 5.02 Å². The van der Waals surface area contributed by atoms with E-state index in [1.165, 1.54) is 6.07 Å². The fourth-order valence-electron chi connectivity index (χ4n) is 3.21. The molecule has 158 valence electrons. The molecular formula is C18H21ClF3N5O2. The van der Waals surface area contributed by atoms with Crippen molar-refractivity contribution in [3.63, 3.8) is 0 Å². The fraction of sp³-hybridized carbons (Fsp3) is 0.500. The number of hydrogen-bond donors (Lipinski definition) is 2. The molecule has 0 bridgehead atoms. The maximum absolute atomic E-state index is 12.7. The van der Waals surface area contributed by atoms with Crippen LogP contribution in [0.15, 0.2) is 22.7 Å². The van der Waals surface area contributed by atoms with Gasteiger partial charge in [0.15, 0.2) is 0 Å². The lowest BCUT2D eigenvalue weighted by atomic mass is 10.00. The Hall–Kier alpha value is -2.33. The lowest BCUT2D eigenvalue weighted by molar-refractivity contribution is -0.159. The second-order valence-electron chi connectivity index (χ2n) is 6.81. The quantitative estimate of drug-likeness (QED) is 0.705. The predicted octanol–water partition coefficient (Wildman–Crippen LogP) is 3.45. The highest BCUT2D eigenvalue weighted by Gasteiger charge is 2.38. The number of rotatable bonds is 5. The van der Waals surface area contributed by atoms with Gasteiger partial charge in [-0.25, -0.2) is 0 Å². The first kappa shape index (κ1) is 21.4. The summed E-state index contributed by atoms with van der Waals surface area (Å²) in [5.41, 5.74) is 0.923. The van der Waals surface area contributed by atoms with Crippen molar-refractivity contribution < 1.29 is 22.5 Å². The van der Waals surface area contributed by atoms with E-state index in [4.69, 9.17) is 11.6 Å². The number of amides is 1. The summed E-state index contributed by atoms with van der Waals surface area (Å²) in [5.74, 6) is -1.77. The van der Waals surface area contributed by atoms with Gasteiger partial charge >= 0.3 is 12.1 Å². The van der Waals surface area contributed by atoms with E-state index in [1.54, 1.807) is 19.2 Å². The van der Waals surface area contributed by atoms with E-state index in [0.717, 1.165) is 12.8 Å². The van der Waals surface area contributed by atoms with Crippen molar-refractivity contribution in [3.05, 3.63) is 29.1 Å². The SMILES string of the molecule is CNC(C)NC(=O)C1CCCCN1c1ccc(-c2noc(C(F)(F)F)n2)c(Cl)c1. The number of halogens is 4. The molecule has 2 atom stereocenters. The van der Waals surface area contributed by atoms with E-state index in [9.17, 15) is 18.0 Å². The summed E-state index contributed by atoms with van der Waals surface area (Å²) < 4.78 is 42.3. The zero-order valence-electron chi connectivity index (χ0n) is 15.9. The van der Waals surface area contributed by atoms with Gasteiger partial charge in [-0.2, -0.15) is 18.2 Å². The summed E-state index contributed by atoms with van der Waals surface area (Å²) in [4.78, 5) is 18.0. The van der Waals surface area contributed by atoms with Gasteiger partial charge in [-0.15, -0.1) is 0 Å². The molecule has 0 radical (unpaired) electrons. The van der Waals surface area contributed by atoms with Crippen molar-refractivity contribution in [3.8, 4) is 11.4 Å². The molecule has 1 aromatic heterocycles. The third-order valence-corrected chi connectivity index (χ3v) is 5.10. The molecule has 1 aromatic carbocycles. The lowest BCUT2D eigenvalue weighted by Gasteiger charge is -2.37. The molecule has 1 saturated heterocycles. The van der Waals surface area contributed by atoms with Gasteiger partial charge in [0.05, 0.1) is 11.2 Å². The average molecular weight is 432 g/mol. The third kappa shape index (κ3) is 4.81. The van der Waals surface area contributed by atoms with Crippen LogP contribution in [0.5, 0.6) is 0 Å². The molecule has 3 rings (SSSR count). The van der Waals surface area contributed by atoms with Crippen molar-refractivity contribution in [2.24, 2.45) is 0 Å². The standard InChI is InChI=1S/C18H21ClF3N5O2/c1-10(23-2)24-16(28)14-5-3-4-8-27(14)11-6-7-12(13(19)9-11)15-25-17(29-26-15)18(20,21)22/h6-7,9-10,14,23H,3-5,8H2,1-2H3,(H,24,28). The number of nitrogens with zero attached hydrogens (tertiary/aromatic N) is 3. The van der Waals surface area contributed by atoms with Crippen LogP contribution in [0.1, 0.15) is 32.1 Å². The van der Waals surface area contributed by atoms with Crippen molar-refractivity contribution in [1.82, 2.24) is 20.8 Å². The monoisotopic (exact) mass is 431 g/mol. The first-order valence-corrected chi connectivity index (χ1v) is 9.53. The molecule has 2 heterocycles. The zero-order valence-corrected chi connectivity index (χ0v) is 16.6. The fourth-order valence-corrected chi connectivity index (χ4v) is 3.47. The molecule has 0 aliphatic carbocycles. The number of carbonyl (C=O) groups excluding carboxylic acids is 1. The summed E-state index contributed by atoms with van der Waals surface area (Å²) >= 11 is 6.30. The number of hydrogen-bond acceptors (Lipinski definition) is 6. The molecule has 1 aliphatic rings. The van der Waals surface area contributed by atoms with Crippen molar-refractivity contribution in [2.75, 3.05) is 18.5 Å². The molecule has 2 aromatic rings. The number of carbonyl (C=O) groups is 1. The smallest absolute Gasteiger partial charge is 0.359 e. The van der Waals surface area contributed by atoms with Gasteiger partial charge in [-0.3, -0.25) is 4.79 Å². The summed E-state index contributed by atoms with van der Waals surface area (Å²) in [7, 11) is 1.75. The van der Waals surface area contributed by atoms with Crippen LogP contribution >= 0.6 is 11.6 Å². The Morgan fingerprint density at radius 1 is 1.38 bits per heavy atom. The number of benzene rings is 1. The Morgan fingerprint density at radius 2 is 2.14 bits per heavy atom. The minimum Gasteiger partial charge on any atom is -0.359 e. The normalized spacial score (nSPS) is 18.6. The number of aromatic nitrogens is 2. The summed E-state index contributed by atoms with van der Waals surface area (Å²) in [5, 5.41) is 9.40. The maximum Gasteiger partial charge on any atom is 0.471 e. The number of piperidine rings is 1. The first-order chi connectivity index (χ1) is 13.7. The summed E-state index contributed by atoms with van der Waals surface area (Å²) in [6.45, 7) is 2.51. The van der Waals surface area contributed by atoms with E-state index < -0.39 is 12.1 Å². The van der Waals surface area contributed by atoms with Crippen LogP contribution < -0.4 is 15.5 Å². The van der Waals surface area contributed by atoms with Crippen molar-refractivity contribution in [1.29, 1.82) is 0 Å². The lowest BCUT2D eigenvalue weighted by Crippen LogP contribution is -2.53. The third-order valence-electron chi connectivity index (χ3n) is 4.79.